The van der Waals surface area contributed by atoms with Gasteiger partial charge in [0.1, 0.15) is 5.75 Å². The zero-order valence-corrected chi connectivity index (χ0v) is 18.6. The van der Waals surface area contributed by atoms with Crippen LogP contribution in [-0.2, 0) is 6.18 Å². The minimum absolute atomic E-state index is 0.0176. The molecule has 0 atom stereocenters. The van der Waals surface area contributed by atoms with Crippen LogP contribution in [0.4, 0.5) is 22.0 Å². The molecule has 4 aromatic rings. The van der Waals surface area contributed by atoms with Gasteiger partial charge in [-0.3, -0.25) is 0 Å². The molecule has 1 heterocycles. The van der Waals surface area contributed by atoms with Crippen LogP contribution in [0, 0.1) is 6.92 Å². The van der Waals surface area contributed by atoms with E-state index in [1.54, 1.807) is 37.3 Å². The minimum Gasteiger partial charge on any atom is -0.429 e. The summed E-state index contributed by atoms with van der Waals surface area (Å²) in [5, 5.41) is 3.78. The van der Waals surface area contributed by atoms with Crippen molar-refractivity contribution in [1.82, 2.24) is 10.1 Å². The molecule has 0 radical (unpaired) electrons. The Kier molecular flexibility index (Phi) is 6.43. The van der Waals surface area contributed by atoms with Gasteiger partial charge in [-0.25, -0.2) is 0 Å². The van der Waals surface area contributed by atoms with E-state index in [1.165, 1.54) is 37.3 Å². The fourth-order valence-electron chi connectivity index (χ4n) is 3.59. The molecule has 0 spiro atoms. The number of halogens is 5. The quantitative estimate of drug-likeness (QED) is 0.205. The van der Waals surface area contributed by atoms with Crippen molar-refractivity contribution in [2.75, 3.05) is 0 Å². The largest absolute Gasteiger partial charge is 0.429 e. The number of hydrogen-bond acceptors (Lipinski definition) is 4. The first-order valence-electron chi connectivity index (χ1n) is 10.5. The van der Waals surface area contributed by atoms with E-state index in [1.807, 2.05) is 0 Å². The summed E-state index contributed by atoms with van der Waals surface area (Å²) in [7, 11) is 0. The van der Waals surface area contributed by atoms with E-state index in [9.17, 15) is 22.0 Å². The first-order chi connectivity index (χ1) is 16.6. The standard InChI is InChI=1S/C26H19F5N2O2/c1-3-14-25(27,28)34-22-11-7-6-10-20(22)23-32-24(35-33-23)17-12-13-19(21(15-17)26(29,30)31)18-9-5-4-8-16(18)2/h3-15H,1-2H3/b14-3+. The highest BCUT2D eigenvalue weighted by Gasteiger charge is 2.35. The highest BCUT2D eigenvalue weighted by Crippen LogP contribution is 2.40. The Morgan fingerprint density at radius 2 is 1.54 bits per heavy atom. The maximum Gasteiger partial charge on any atom is 0.419 e. The van der Waals surface area contributed by atoms with Crippen molar-refractivity contribution in [3.05, 3.63) is 90.0 Å². The fraction of sp³-hybridized carbons (Fsp3) is 0.154. The number of allylic oxidation sites excluding steroid dienone is 1. The van der Waals surface area contributed by atoms with Gasteiger partial charge in [0.15, 0.2) is 0 Å². The SMILES string of the molecule is C/C=C/C(F)(F)Oc1ccccc1-c1noc(-c2ccc(-c3ccccc3C)c(C(F)(F)F)c2)n1. The van der Waals surface area contributed by atoms with E-state index in [2.05, 4.69) is 10.1 Å². The first kappa shape index (κ1) is 24.1. The molecule has 0 aliphatic carbocycles. The molecule has 3 aromatic carbocycles. The average molecular weight is 486 g/mol. The van der Waals surface area contributed by atoms with Gasteiger partial charge in [0.25, 0.3) is 5.89 Å². The van der Waals surface area contributed by atoms with Crippen molar-refractivity contribution in [2.45, 2.75) is 26.1 Å². The Morgan fingerprint density at radius 1 is 0.857 bits per heavy atom. The van der Waals surface area contributed by atoms with Crippen LogP contribution in [0.1, 0.15) is 18.1 Å². The molecule has 0 aliphatic heterocycles. The van der Waals surface area contributed by atoms with Crippen LogP contribution >= 0.6 is 0 Å². The second-order valence-corrected chi connectivity index (χ2v) is 7.66. The normalized spacial score (nSPS) is 12.3. The number of alkyl halides is 5. The average Bonchev–Trinajstić information content (AvgIpc) is 3.29. The summed E-state index contributed by atoms with van der Waals surface area (Å²) in [6.07, 6.45) is -6.49. The third-order valence-corrected chi connectivity index (χ3v) is 5.17. The molecule has 0 fully saturated rings. The summed E-state index contributed by atoms with van der Waals surface area (Å²) >= 11 is 0. The molecule has 4 nitrogen and oxygen atoms in total. The Labute approximate surface area is 197 Å². The highest BCUT2D eigenvalue weighted by molar-refractivity contribution is 5.75. The summed E-state index contributed by atoms with van der Waals surface area (Å²) in [6, 6.07) is 16.3. The van der Waals surface area contributed by atoms with E-state index in [0.717, 1.165) is 12.1 Å². The van der Waals surface area contributed by atoms with Crippen LogP contribution < -0.4 is 4.74 Å². The van der Waals surface area contributed by atoms with Gasteiger partial charge in [-0.05, 0) is 54.8 Å². The van der Waals surface area contributed by atoms with E-state index in [0.29, 0.717) is 17.2 Å². The highest BCUT2D eigenvalue weighted by atomic mass is 19.4. The Balaban J connectivity index is 1.74. The molecule has 4 rings (SSSR count). The van der Waals surface area contributed by atoms with E-state index >= 15 is 0 Å². The zero-order valence-electron chi connectivity index (χ0n) is 18.6. The number of para-hydroxylation sites is 1. The van der Waals surface area contributed by atoms with Gasteiger partial charge < -0.3 is 9.26 Å². The molecule has 0 aliphatic rings. The second kappa shape index (κ2) is 9.32. The molecule has 1 aromatic heterocycles. The lowest BCUT2D eigenvalue weighted by Crippen LogP contribution is -2.21. The molecule has 9 heteroatoms. The van der Waals surface area contributed by atoms with Gasteiger partial charge in [0.2, 0.25) is 5.82 Å². The summed E-state index contributed by atoms with van der Waals surface area (Å²) < 4.78 is 79.7. The number of rotatable bonds is 6. The van der Waals surface area contributed by atoms with Crippen LogP contribution in [0.15, 0.2) is 83.4 Å². The summed E-state index contributed by atoms with van der Waals surface area (Å²) in [5.41, 5.74) is 0.427. The predicted molar refractivity (Wildman–Crippen MR) is 121 cm³/mol. The van der Waals surface area contributed by atoms with Gasteiger partial charge in [-0.15, -0.1) is 0 Å². The molecule has 0 saturated heterocycles. The van der Waals surface area contributed by atoms with Crippen molar-refractivity contribution in [1.29, 1.82) is 0 Å². The maximum atomic E-state index is 14.0. The molecular weight excluding hydrogens is 467 g/mol. The number of ether oxygens (including phenoxy) is 1. The Bertz CT molecular complexity index is 1380. The number of nitrogens with zero attached hydrogens (tertiary/aromatic N) is 2. The second-order valence-electron chi connectivity index (χ2n) is 7.66. The molecule has 180 valence electrons. The predicted octanol–water partition coefficient (Wildman–Crippen LogP) is 7.95. The first-order valence-corrected chi connectivity index (χ1v) is 10.5. The van der Waals surface area contributed by atoms with Crippen LogP contribution in [0.2, 0.25) is 0 Å². The maximum absolute atomic E-state index is 14.0. The smallest absolute Gasteiger partial charge is 0.419 e. The molecule has 0 saturated carbocycles. The van der Waals surface area contributed by atoms with Gasteiger partial charge in [-0.1, -0.05) is 53.7 Å². The van der Waals surface area contributed by atoms with E-state index in [-0.39, 0.29) is 34.2 Å². The zero-order chi connectivity index (χ0) is 25.2. The van der Waals surface area contributed by atoms with Gasteiger partial charge in [0.05, 0.1) is 11.1 Å². The molecule has 0 amide bonds. The summed E-state index contributed by atoms with van der Waals surface area (Å²) in [4.78, 5) is 4.14. The Hall–Kier alpha value is -4.01. The van der Waals surface area contributed by atoms with Crippen molar-refractivity contribution in [3.63, 3.8) is 0 Å². The van der Waals surface area contributed by atoms with Gasteiger partial charge in [-0.2, -0.15) is 26.9 Å². The van der Waals surface area contributed by atoms with Crippen molar-refractivity contribution >= 4 is 0 Å². The van der Waals surface area contributed by atoms with Crippen LogP contribution in [0.5, 0.6) is 5.75 Å². The number of aryl methyl sites for hydroxylation is 1. The van der Waals surface area contributed by atoms with Crippen LogP contribution in [0.3, 0.4) is 0 Å². The Morgan fingerprint density at radius 3 is 2.23 bits per heavy atom. The summed E-state index contributed by atoms with van der Waals surface area (Å²) in [6.45, 7) is 3.15. The molecule has 0 N–H and O–H groups in total. The van der Waals surface area contributed by atoms with Crippen molar-refractivity contribution < 1.29 is 31.2 Å². The van der Waals surface area contributed by atoms with Gasteiger partial charge >= 0.3 is 12.3 Å². The molecule has 0 bridgehead atoms. The molecular formula is C26H19F5N2O2. The topological polar surface area (TPSA) is 48.2 Å². The lowest BCUT2D eigenvalue weighted by atomic mass is 9.94. The van der Waals surface area contributed by atoms with Crippen molar-refractivity contribution in [2.24, 2.45) is 0 Å². The van der Waals surface area contributed by atoms with E-state index in [4.69, 9.17) is 9.26 Å². The fourth-order valence-corrected chi connectivity index (χ4v) is 3.59. The third-order valence-electron chi connectivity index (χ3n) is 5.17. The molecule has 0 unspecified atom stereocenters. The van der Waals surface area contributed by atoms with Gasteiger partial charge in [0, 0.05) is 11.6 Å². The summed E-state index contributed by atoms with van der Waals surface area (Å²) in [5.74, 6) is -0.519. The van der Waals surface area contributed by atoms with Crippen LogP contribution in [0.25, 0.3) is 34.0 Å². The van der Waals surface area contributed by atoms with E-state index < -0.39 is 17.8 Å². The molecule has 35 heavy (non-hydrogen) atoms. The number of aromatic nitrogens is 2. The monoisotopic (exact) mass is 486 g/mol. The minimum atomic E-state index is -4.64. The number of hydrogen-bond donors (Lipinski definition) is 0. The van der Waals surface area contributed by atoms with Crippen molar-refractivity contribution in [3.8, 4) is 39.7 Å². The van der Waals surface area contributed by atoms with Crippen LogP contribution in [-0.4, -0.2) is 16.2 Å². The lowest BCUT2D eigenvalue weighted by Gasteiger charge is -2.16. The number of benzene rings is 3. The third kappa shape index (κ3) is 5.24. The lowest BCUT2D eigenvalue weighted by molar-refractivity contribution is -0.137.